The lowest BCUT2D eigenvalue weighted by molar-refractivity contribution is -0.0530. The van der Waals surface area contributed by atoms with Gasteiger partial charge in [-0.3, -0.25) is 0 Å². The van der Waals surface area contributed by atoms with Crippen LogP contribution in [-0.4, -0.2) is 32.6 Å². The maximum absolute atomic E-state index is 5.43. The second-order valence-corrected chi connectivity index (χ2v) is 4.07. The Hall–Kier alpha value is -0.120. The van der Waals surface area contributed by atoms with Gasteiger partial charge in [-0.15, -0.1) is 0 Å². The fraction of sp³-hybridized carbons (Fsp3) is 1.00. The van der Waals surface area contributed by atoms with Crippen molar-refractivity contribution in [1.82, 2.24) is 5.32 Å². The third-order valence-corrected chi connectivity index (χ3v) is 2.89. The largest absolute Gasteiger partial charge is 0.350 e. The van der Waals surface area contributed by atoms with Gasteiger partial charge in [-0.25, -0.2) is 0 Å². The lowest BCUT2D eigenvalue weighted by Gasteiger charge is -2.18. The third kappa shape index (κ3) is 2.93. The molecule has 0 bridgehead atoms. The monoisotopic (exact) mass is 185 g/mol. The van der Waals surface area contributed by atoms with E-state index in [2.05, 4.69) is 5.32 Å². The van der Waals surface area contributed by atoms with Crippen molar-refractivity contribution in [2.24, 2.45) is 5.92 Å². The molecule has 1 aliphatic heterocycles. The SMILES string of the molecule is CNC(CC1CC1)CC1OCCO1. The fourth-order valence-corrected chi connectivity index (χ4v) is 1.86. The zero-order valence-electron chi connectivity index (χ0n) is 8.29. The molecule has 0 amide bonds. The van der Waals surface area contributed by atoms with Crippen molar-refractivity contribution in [3.63, 3.8) is 0 Å². The van der Waals surface area contributed by atoms with Gasteiger partial charge in [0.2, 0.25) is 0 Å². The molecule has 0 radical (unpaired) electrons. The molecule has 0 spiro atoms. The van der Waals surface area contributed by atoms with Crippen molar-refractivity contribution in [1.29, 1.82) is 0 Å². The molecule has 1 unspecified atom stereocenters. The quantitative estimate of drug-likeness (QED) is 0.696. The highest BCUT2D eigenvalue weighted by molar-refractivity contribution is 4.80. The molecule has 1 N–H and O–H groups in total. The van der Waals surface area contributed by atoms with Gasteiger partial charge in [0.15, 0.2) is 6.29 Å². The Labute approximate surface area is 79.8 Å². The normalized spacial score (nSPS) is 26.5. The van der Waals surface area contributed by atoms with Crippen LogP contribution in [0.5, 0.6) is 0 Å². The van der Waals surface area contributed by atoms with Crippen LogP contribution >= 0.6 is 0 Å². The molecule has 1 saturated heterocycles. The van der Waals surface area contributed by atoms with E-state index in [1.807, 2.05) is 7.05 Å². The van der Waals surface area contributed by atoms with E-state index >= 15 is 0 Å². The Bertz CT molecular complexity index is 153. The summed E-state index contributed by atoms with van der Waals surface area (Å²) in [5.74, 6) is 0.971. The Kier molecular flexibility index (Phi) is 3.19. The molecule has 76 valence electrons. The lowest BCUT2D eigenvalue weighted by atomic mass is 10.1. The average Bonchev–Trinajstić information content (AvgIpc) is 2.80. The summed E-state index contributed by atoms with van der Waals surface area (Å²) in [6.45, 7) is 1.54. The molecule has 2 fully saturated rings. The molecule has 2 aliphatic rings. The van der Waals surface area contributed by atoms with Crippen molar-refractivity contribution >= 4 is 0 Å². The lowest BCUT2D eigenvalue weighted by Crippen LogP contribution is -2.30. The standard InChI is InChI=1S/C10H19NO2/c1-11-9(6-8-2-3-8)7-10-12-4-5-13-10/h8-11H,2-7H2,1H3. The minimum Gasteiger partial charge on any atom is -0.350 e. The summed E-state index contributed by atoms with van der Waals surface area (Å²) in [5.41, 5.74) is 0. The molecule has 1 saturated carbocycles. The van der Waals surface area contributed by atoms with Crippen molar-refractivity contribution in [3.05, 3.63) is 0 Å². The number of hydrogen-bond acceptors (Lipinski definition) is 3. The molecule has 0 aromatic rings. The van der Waals surface area contributed by atoms with Crippen LogP contribution in [-0.2, 0) is 9.47 Å². The maximum atomic E-state index is 5.43. The Morgan fingerprint density at radius 1 is 1.23 bits per heavy atom. The van der Waals surface area contributed by atoms with Crippen LogP contribution < -0.4 is 5.32 Å². The predicted octanol–water partition coefficient (Wildman–Crippen LogP) is 1.14. The number of ether oxygens (including phenoxy) is 2. The van der Waals surface area contributed by atoms with Crippen molar-refractivity contribution in [3.8, 4) is 0 Å². The fourth-order valence-electron chi connectivity index (χ4n) is 1.86. The molecular formula is C10H19NO2. The second kappa shape index (κ2) is 4.40. The van der Waals surface area contributed by atoms with Crippen LogP contribution in [0.3, 0.4) is 0 Å². The van der Waals surface area contributed by atoms with Gasteiger partial charge in [-0.05, 0) is 19.4 Å². The molecule has 1 aliphatic carbocycles. The van der Waals surface area contributed by atoms with Crippen LogP contribution in [0, 0.1) is 5.92 Å². The van der Waals surface area contributed by atoms with E-state index in [0.29, 0.717) is 6.04 Å². The minimum atomic E-state index is 0.0520. The van der Waals surface area contributed by atoms with Crippen LogP contribution in [0.25, 0.3) is 0 Å². The van der Waals surface area contributed by atoms with Gasteiger partial charge in [0.25, 0.3) is 0 Å². The molecule has 0 aromatic heterocycles. The Balaban J connectivity index is 1.68. The van der Waals surface area contributed by atoms with Crippen molar-refractivity contribution < 1.29 is 9.47 Å². The number of hydrogen-bond donors (Lipinski definition) is 1. The first-order valence-corrected chi connectivity index (χ1v) is 5.29. The summed E-state index contributed by atoms with van der Waals surface area (Å²) in [6, 6.07) is 0.579. The molecule has 3 heteroatoms. The van der Waals surface area contributed by atoms with Gasteiger partial charge >= 0.3 is 0 Å². The van der Waals surface area contributed by atoms with E-state index in [1.165, 1.54) is 19.3 Å². The van der Waals surface area contributed by atoms with Gasteiger partial charge in [-0.1, -0.05) is 12.8 Å². The number of rotatable bonds is 5. The van der Waals surface area contributed by atoms with Gasteiger partial charge in [-0.2, -0.15) is 0 Å². The molecule has 1 heterocycles. The highest BCUT2D eigenvalue weighted by Gasteiger charge is 2.27. The van der Waals surface area contributed by atoms with Crippen LogP contribution in [0.1, 0.15) is 25.7 Å². The van der Waals surface area contributed by atoms with Gasteiger partial charge in [0.1, 0.15) is 0 Å². The highest BCUT2D eigenvalue weighted by Crippen LogP contribution is 2.34. The van der Waals surface area contributed by atoms with E-state index in [-0.39, 0.29) is 6.29 Å². The summed E-state index contributed by atoms with van der Waals surface area (Å²) < 4.78 is 10.9. The number of nitrogens with one attached hydrogen (secondary N) is 1. The van der Waals surface area contributed by atoms with Crippen molar-refractivity contribution in [2.45, 2.75) is 38.0 Å². The first-order valence-electron chi connectivity index (χ1n) is 5.29. The van der Waals surface area contributed by atoms with Crippen LogP contribution in [0.4, 0.5) is 0 Å². The van der Waals surface area contributed by atoms with E-state index in [4.69, 9.17) is 9.47 Å². The average molecular weight is 185 g/mol. The summed E-state index contributed by atoms with van der Waals surface area (Å²) in [7, 11) is 2.03. The topological polar surface area (TPSA) is 30.5 Å². The summed E-state index contributed by atoms with van der Waals surface area (Å²) in [6.07, 6.45) is 5.19. The molecule has 2 rings (SSSR count). The Morgan fingerprint density at radius 3 is 2.46 bits per heavy atom. The van der Waals surface area contributed by atoms with Gasteiger partial charge < -0.3 is 14.8 Å². The smallest absolute Gasteiger partial charge is 0.159 e. The maximum Gasteiger partial charge on any atom is 0.159 e. The minimum absolute atomic E-state index is 0.0520. The second-order valence-electron chi connectivity index (χ2n) is 4.07. The molecule has 3 nitrogen and oxygen atoms in total. The van der Waals surface area contributed by atoms with Crippen LogP contribution in [0.2, 0.25) is 0 Å². The summed E-state index contributed by atoms with van der Waals surface area (Å²) in [5, 5.41) is 3.34. The zero-order valence-corrected chi connectivity index (χ0v) is 8.29. The third-order valence-electron chi connectivity index (χ3n) is 2.89. The first-order chi connectivity index (χ1) is 6.38. The predicted molar refractivity (Wildman–Crippen MR) is 50.5 cm³/mol. The Morgan fingerprint density at radius 2 is 1.92 bits per heavy atom. The zero-order chi connectivity index (χ0) is 9.10. The van der Waals surface area contributed by atoms with Crippen molar-refractivity contribution in [2.75, 3.05) is 20.3 Å². The van der Waals surface area contributed by atoms with E-state index < -0.39 is 0 Å². The summed E-state index contributed by atoms with van der Waals surface area (Å²) in [4.78, 5) is 0. The molecule has 1 atom stereocenters. The summed E-state index contributed by atoms with van der Waals surface area (Å²) >= 11 is 0. The first kappa shape index (κ1) is 9.44. The van der Waals surface area contributed by atoms with E-state index in [9.17, 15) is 0 Å². The molecular weight excluding hydrogens is 166 g/mol. The molecule has 13 heavy (non-hydrogen) atoms. The van der Waals surface area contributed by atoms with Crippen LogP contribution in [0.15, 0.2) is 0 Å². The molecule has 0 aromatic carbocycles. The van der Waals surface area contributed by atoms with Gasteiger partial charge in [0.05, 0.1) is 13.2 Å². The van der Waals surface area contributed by atoms with Gasteiger partial charge in [0, 0.05) is 12.5 Å². The highest BCUT2D eigenvalue weighted by atomic mass is 16.7. The van der Waals surface area contributed by atoms with E-state index in [1.54, 1.807) is 0 Å². The van der Waals surface area contributed by atoms with E-state index in [0.717, 1.165) is 25.6 Å².